The minimum atomic E-state index is -0.952. The number of nitrogens with one attached hydrogen (secondary N) is 1. The van der Waals surface area contributed by atoms with Gasteiger partial charge in [0.05, 0.1) is 24.0 Å². The van der Waals surface area contributed by atoms with Gasteiger partial charge in [0.1, 0.15) is 5.82 Å². The number of H-pyrrole nitrogens is 1. The smallest absolute Gasteiger partial charge is 0.317 e. The molecule has 0 amide bonds. The van der Waals surface area contributed by atoms with Crippen molar-refractivity contribution in [3.05, 3.63) is 52.1 Å². The van der Waals surface area contributed by atoms with Crippen LogP contribution >= 0.6 is 11.6 Å². The molecule has 2 N–H and O–H groups in total. The number of carboxylic acid groups (broad SMARTS) is 1. The molecule has 0 saturated carbocycles. The van der Waals surface area contributed by atoms with E-state index >= 15 is 0 Å². The molecule has 2 rings (SSSR count). The number of carbonyl (C=O) groups is 1. The second-order valence-electron chi connectivity index (χ2n) is 4.53. The van der Waals surface area contributed by atoms with Crippen molar-refractivity contribution in [1.82, 2.24) is 14.9 Å². The molecule has 0 aliphatic carbocycles. The molecule has 1 heterocycles. The van der Waals surface area contributed by atoms with Crippen LogP contribution in [0.2, 0.25) is 5.02 Å². The Morgan fingerprint density at radius 3 is 2.95 bits per heavy atom. The average molecular weight is 308 g/mol. The maximum absolute atomic E-state index is 12.0. The standard InChI is InChI=1S/C14H14ClN3O3/c1-2-5-18(8-13(19)20)7-12-16-11-4-3-9(15)6-10(11)14(21)17-12/h2-4,6H,1,5,7-8H2,(H,19,20)(H,16,17,21). The second-order valence-corrected chi connectivity index (χ2v) is 4.96. The summed E-state index contributed by atoms with van der Waals surface area (Å²) in [5.74, 6) is -0.551. The first-order valence-corrected chi connectivity index (χ1v) is 6.61. The fourth-order valence-corrected chi connectivity index (χ4v) is 2.18. The molecule has 110 valence electrons. The molecule has 7 heteroatoms. The number of hydrogen-bond acceptors (Lipinski definition) is 4. The maximum Gasteiger partial charge on any atom is 0.317 e. The molecule has 0 saturated heterocycles. The van der Waals surface area contributed by atoms with E-state index in [0.717, 1.165) is 0 Å². The lowest BCUT2D eigenvalue weighted by Gasteiger charge is -2.17. The lowest BCUT2D eigenvalue weighted by atomic mass is 10.2. The predicted octanol–water partition coefficient (Wildman–Crippen LogP) is 1.65. The molecular formula is C14H14ClN3O3. The van der Waals surface area contributed by atoms with Gasteiger partial charge in [0, 0.05) is 11.6 Å². The molecule has 0 radical (unpaired) electrons. The Kier molecular flexibility index (Phi) is 4.72. The van der Waals surface area contributed by atoms with Crippen LogP contribution in [0, 0.1) is 0 Å². The number of rotatable bonds is 6. The predicted molar refractivity (Wildman–Crippen MR) is 80.5 cm³/mol. The maximum atomic E-state index is 12.0. The fourth-order valence-electron chi connectivity index (χ4n) is 2.00. The first-order valence-electron chi connectivity index (χ1n) is 6.23. The Bertz CT molecular complexity index is 742. The van der Waals surface area contributed by atoms with Crippen molar-refractivity contribution in [2.24, 2.45) is 0 Å². The molecule has 0 unspecified atom stereocenters. The zero-order valence-corrected chi connectivity index (χ0v) is 11.9. The highest BCUT2D eigenvalue weighted by atomic mass is 35.5. The zero-order chi connectivity index (χ0) is 15.4. The Morgan fingerprint density at radius 1 is 1.52 bits per heavy atom. The average Bonchev–Trinajstić information content (AvgIpc) is 2.39. The Balaban J connectivity index is 2.33. The summed E-state index contributed by atoms with van der Waals surface area (Å²) >= 11 is 5.85. The van der Waals surface area contributed by atoms with Gasteiger partial charge in [-0.2, -0.15) is 0 Å². The molecule has 1 aromatic heterocycles. The van der Waals surface area contributed by atoms with Gasteiger partial charge in [0.15, 0.2) is 0 Å². The van der Waals surface area contributed by atoms with Crippen LogP contribution in [0.3, 0.4) is 0 Å². The van der Waals surface area contributed by atoms with Crippen LogP contribution < -0.4 is 5.56 Å². The summed E-state index contributed by atoms with van der Waals surface area (Å²) in [6, 6.07) is 4.86. The SMILES string of the molecule is C=CCN(CC(=O)O)Cc1nc2ccc(Cl)cc2c(=O)[nH]1. The third kappa shape index (κ3) is 3.90. The highest BCUT2D eigenvalue weighted by molar-refractivity contribution is 6.31. The molecule has 21 heavy (non-hydrogen) atoms. The van der Waals surface area contributed by atoms with Crippen LogP contribution in [0.15, 0.2) is 35.6 Å². The van der Waals surface area contributed by atoms with Crippen molar-refractivity contribution in [3.8, 4) is 0 Å². The molecule has 1 aromatic carbocycles. The summed E-state index contributed by atoms with van der Waals surface area (Å²) in [4.78, 5) is 31.4. The normalized spacial score (nSPS) is 11.0. The van der Waals surface area contributed by atoms with E-state index in [9.17, 15) is 9.59 Å². The van der Waals surface area contributed by atoms with E-state index in [1.54, 1.807) is 29.2 Å². The van der Waals surface area contributed by atoms with Crippen molar-refractivity contribution >= 4 is 28.5 Å². The van der Waals surface area contributed by atoms with Crippen LogP contribution in [0.1, 0.15) is 5.82 Å². The van der Waals surface area contributed by atoms with Crippen LogP contribution in [0.25, 0.3) is 10.9 Å². The largest absolute Gasteiger partial charge is 0.480 e. The van der Waals surface area contributed by atoms with Crippen LogP contribution in [-0.2, 0) is 11.3 Å². The third-order valence-corrected chi connectivity index (χ3v) is 3.07. The fraction of sp³-hybridized carbons (Fsp3) is 0.214. The van der Waals surface area contributed by atoms with E-state index in [-0.39, 0.29) is 18.6 Å². The Labute approximate surface area is 125 Å². The number of aromatic nitrogens is 2. The van der Waals surface area contributed by atoms with Gasteiger partial charge in [-0.25, -0.2) is 4.98 Å². The number of nitrogens with zero attached hydrogens (tertiary/aromatic N) is 2. The monoisotopic (exact) mass is 307 g/mol. The van der Waals surface area contributed by atoms with Gasteiger partial charge < -0.3 is 10.1 Å². The highest BCUT2D eigenvalue weighted by Crippen LogP contribution is 2.14. The minimum absolute atomic E-state index is 0.158. The summed E-state index contributed by atoms with van der Waals surface area (Å²) in [6.07, 6.45) is 1.60. The molecule has 0 spiro atoms. The summed E-state index contributed by atoms with van der Waals surface area (Å²) in [5, 5.41) is 9.72. The van der Waals surface area contributed by atoms with Gasteiger partial charge >= 0.3 is 5.97 Å². The molecular weight excluding hydrogens is 294 g/mol. The molecule has 0 fully saturated rings. The molecule has 0 atom stereocenters. The number of aromatic amines is 1. The van der Waals surface area contributed by atoms with E-state index in [2.05, 4.69) is 16.5 Å². The molecule has 0 bridgehead atoms. The highest BCUT2D eigenvalue weighted by Gasteiger charge is 2.11. The van der Waals surface area contributed by atoms with E-state index < -0.39 is 5.97 Å². The number of benzene rings is 1. The van der Waals surface area contributed by atoms with Gasteiger partial charge in [-0.05, 0) is 18.2 Å². The van der Waals surface area contributed by atoms with Crippen LogP contribution in [0.4, 0.5) is 0 Å². The molecule has 6 nitrogen and oxygen atoms in total. The lowest BCUT2D eigenvalue weighted by Crippen LogP contribution is -2.31. The Morgan fingerprint density at radius 2 is 2.29 bits per heavy atom. The quantitative estimate of drug-likeness (QED) is 0.792. The summed E-state index contributed by atoms with van der Waals surface area (Å²) in [6.45, 7) is 4.02. The molecule has 0 aliphatic heterocycles. The number of hydrogen-bond donors (Lipinski definition) is 2. The summed E-state index contributed by atoms with van der Waals surface area (Å²) < 4.78 is 0. The van der Waals surface area contributed by atoms with Gasteiger partial charge in [-0.1, -0.05) is 17.7 Å². The van der Waals surface area contributed by atoms with Crippen molar-refractivity contribution in [1.29, 1.82) is 0 Å². The van der Waals surface area contributed by atoms with Crippen LogP contribution in [-0.4, -0.2) is 39.0 Å². The van der Waals surface area contributed by atoms with Gasteiger partial charge in [0.25, 0.3) is 5.56 Å². The van der Waals surface area contributed by atoms with Gasteiger partial charge in [-0.15, -0.1) is 6.58 Å². The van der Waals surface area contributed by atoms with E-state index in [4.69, 9.17) is 16.7 Å². The number of carboxylic acids is 1. The second kappa shape index (κ2) is 6.51. The molecule has 2 aromatic rings. The Hall–Kier alpha value is -2.18. The first-order chi connectivity index (χ1) is 9.99. The van der Waals surface area contributed by atoms with Crippen molar-refractivity contribution in [2.75, 3.05) is 13.1 Å². The third-order valence-electron chi connectivity index (χ3n) is 2.84. The van der Waals surface area contributed by atoms with Crippen molar-refractivity contribution in [2.45, 2.75) is 6.54 Å². The van der Waals surface area contributed by atoms with E-state index in [1.165, 1.54) is 0 Å². The van der Waals surface area contributed by atoms with Crippen LogP contribution in [0.5, 0.6) is 0 Å². The van der Waals surface area contributed by atoms with Gasteiger partial charge in [0.2, 0.25) is 0 Å². The number of fused-ring (bicyclic) bond motifs is 1. The number of halogens is 1. The van der Waals surface area contributed by atoms with Crippen molar-refractivity contribution < 1.29 is 9.90 Å². The van der Waals surface area contributed by atoms with E-state index in [1.807, 2.05) is 0 Å². The lowest BCUT2D eigenvalue weighted by molar-refractivity contribution is -0.138. The first kappa shape index (κ1) is 15.2. The van der Waals surface area contributed by atoms with Crippen molar-refractivity contribution in [3.63, 3.8) is 0 Å². The number of aliphatic carboxylic acids is 1. The zero-order valence-electron chi connectivity index (χ0n) is 11.2. The summed E-state index contributed by atoms with van der Waals surface area (Å²) in [5.41, 5.74) is 0.221. The molecule has 0 aliphatic rings. The van der Waals surface area contributed by atoms with Gasteiger partial charge in [-0.3, -0.25) is 14.5 Å². The summed E-state index contributed by atoms with van der Waals surface area (Å²) in [7, 11) is 0. The topological polar surface area (TPSA) is 86.3 Å². The van der Waals surface area contributed by atoms with E-state index in [0.29, 0.717) is 28.3 Å². The minimum Gasteiger partial charge on any atom is -0.480 e.